The lowest BCUT2D eigenvalue weighted by Gasteiger charge is -2.10. The van der Waals surface area contributed by atoms with Crippen molar-refractivity contribution in [2.45, 2.75) is 60.8 Å². The number of carbonyl (C=O) groups is 3. The number of benzene rings is 3. The highest BCUT2D eigenvalue weighted by molar-refractivity contribution is 5.73. The van der Waals surface area contributed by atoms with Gasteiger partial charge < -0.3 is 29.5 Å². The van der Waals surface area contributed by atoms with Crippen LogP contribution in [0.2, 0.25) is 0 Å². The maximum atomic E-state index is 11.3. The fraction of sp³-hybridized carbons (Fsp3) is 0.417. The Hall–Kier alpha value is -4.53. The van der Waals surface area contributed by atoms with E-state index in [4.69, 9.17) is 29.5 Å². The number of ether oxygens (including phenoxy) is 3. The number of hydrogen-bond donors (Lipinski definition) is 3. The maximum Gasteiger partial charge on any atom is 0.308 e. The summed E-state index contributed by atoms with van der Waals surface area (Å²) in [7, 11) is 0. The minimum absolute atomic E-state index is 0.144. The van der Waals surface area contributed by atoms with E-state index in [2.05, 4.69) is 0 Å². The Labute approximate surface area is 266 Å². The number of rotatable bonds is 12. The van der Waals surface area contributed by atoms with E-state index in [-0.39, 0.29) is 52.9 Å². The first-order valence-corrected chi connectivity index (χ1v) is 15.2. The summed E-state index contributed by atoms with van der Waals surface area (Å²) in [5, 5.41) is 27.3. The van der Waals surface area contributed by atoms with Gasteiger partial charge in [0.15, 0.2) is 0 Å². The van der Waals surface area contributed by atoms with E-state index >= 15 is 0 Å². The van der Waals surface area contributed by atoms with Crippen molar-refractivity contribution in [1.29, 1.82) is 0 Å². The number of phenols is 3. The molecule has 9 heteroatoms. The number of carbonyl (C=O) groups excluding carboxylic acids is 3. The van der Waals surface area contributed by atoms with Crippen LogP contribution in [0.1, 0.15) is 58.2 Å². The summed E-state index contributed by atoms with van der Waals surface area (Å²) in [6.45, 7) is 12.2. The van der Waals surface area contributed by atoms with Crippen LogP contribution >= 0.6 is 0 Å². The van der Waals surface area contributed by atoms with Gasteiger partial charge >= 0.3 is 17.9 Å². The zero-order valence-electron chi connectivity index (χ0n) is 27.2. The third kappa shape index (κ3) is 16.2. The van der Waals surface area contributed by atoms with Crippen LogP contribution in [0.15, 0.2) is 72.8 Å². The molecule has 3 aromatic rings. The van der Waals surface area contributed by atoms with Crippen LogP contribution in [0.3, 0.4) is 0 Å². The minimum Gasteiger partial charge on any atom is -0.508 e. The second-order valence-electron chi connectivity index (χ2n) is 10.6. The first-order valence-electron chi connectivity index (χ1n) is 15.2. The average molecular weight is 625 g/mol. The van der Waals surface area contributed by atoms with Gasteiger partial charge in [-0.3, -0.25) is 14.4 Å². The Morgan fingerprint density at radius 2 is 0.667 bits per heavy atom. The molecule has 3 N–H and O–H groups in total. The Bertz CT molecular complexity index is 1110. The van der Waals surface area contributed by atoms with Crippen LogP contribution < -0.4 is 0 Å². The quantitative estimate of drug-likeness (QED) is 0.154. The van der Waals surface area contributed by atoms with Crippen molar-refractivity contribution < 1.29 is 43.9 Å². The molecule has 0 aliphatic rings. The van der Waals surface area contributed by atoms with Crippen molar-refractivity contribution in [3.63, 3.8) is 0 Å². The molecule has 0 aliphatic carbocycles. The first-order chi connectivity index (χ1) is 21.4. The van der Waals surface area contributed by atoms with Gasteiger partial charge in [-0.05, 0) is 93.1 Å². The summed E-state index contributed by atoms with van der Waals surface area (Å²) < 4.78 is 14.7. The molecule has 45 heavy (non-hydrogen) atoms. The van der Waals surface area contributed by atoms with Gasteiger partial charge in [0.1, 0.15) is 17.2 Å². The monoisotopic (exact) mass is 624 g/mol. The standard InChI is InChI=1S/3C12H16O3/c3*1-3-15-12(14)9(2)8-10-4-6-11(13)7-5-10/h3*4-7,9,13H,3,8H2,1-2H3/t2*9-;/m10./s1. The van der Waals surface area contributed by atoms with Crippen LogP contribution in [-0.2, 0) is 47.9 Å². The summed E-state index contributed by atoms with van der Waals surface area (Å²) in [4.78, 5) is 34.0. The molecule has 0 aliphatic heterocycles. The van der Waals surface area contributed by atoms with E-state index in [1.807, 2.05) is 57.2 Å². The van der Waals surface area contributed by atoms with Gasteiger partial charge in [0.2, 0.25) is 0 Å². The Balaban J connectivity index is 0.000000337. The zero-order chi connectivity index (χ0) is 33.8. The molecule has 0 fully saturated rings. The molecule has 0 bridgehead atoms. The fourth-order valence-corrected chi connectivity index (χ4v) is 4.06. The third-order valence-corrected chi connectivity index (χ3v) is 6.50. The molecular formula is C36H48O9. The second-order valence-corrected chi connectivity index (χ2v) is 10.6. The van der Waals surface area contributed by atoms with E-state index in [1.165, 1.54) is 0 Å². The maximum absolute atomic E-state index is 11.3. The lowest BCUT2D eigenvalue weighted by Crippen LogP contribution is -2.16. The van der Waals surface area contributed by atoms with Gasteiger partial charge in [0.05, 0.1) is 37.6 Å². The summed E-state index contributed by atoms with van der Waals surface area (Å²) in [6.07, 6.45) is 1.91. The van der Waals surface area contributed by atoms with Crippen molar-refractivity contribution in [1.82, 2.24) is 0 Å². The molecule has 0 radical (unpaired) electrons. The molecule has 246 valence electrons. The molecule has 0 saturated heterocycles. The van der Waals surface area contributed by atoms with Crippen LogP contribution in [0, 0.1) is 17.8 Å². The Kier molecular flexibility index (Phi) is 18.2. The van der Waals surface area contributed by atoms with Crippen molar-refractivity contribution in [2.75, 3.05) is 19.8 Å². The Morgan fingerprint density at radius 1 is 0.467 bits per heavy atom. The van der Waals surface area contributed by atoms with Gasteiger partial charge in [-0.15, -0.1) is 0 Å². The minimum atomic E-state index is -0.175. The summed E-state index contributed by atoms with van der Waals surface area (Å²) in [6, 6.07) is 20.6. The van der Waals surface area contributed by atoms with E-state index in [9.17, 15) is 14.4 Å². The molecule has 3 atom stereocenters. The molecule has 3 rings (SSSR count). The SMILES string of the molecule is CCOC(=O)C(C)Cc1ccc(O)cc1.CCOC(=O)[C@@H](C)Cc1ccc(O)cc1.CCOC(=O)[C@H](C)Cc1ccc(O)cc1. The predicted octanol–water partition coefficient (Wildman–Crippen LogP) is 6.40. The van der Waals surface area contributed by atoms with Crippen molar-refractivity contribution in [3.05, 3.63) is 89.5 Å². The number of aromatic hydroxyl groups is 3. The van der Waals surface area contributed by atoms with E-state index in [0.717, 1.165) is 16.7 Å². The van der Waals surface area contributed by atoms with Gasteiger partial charge in [0, 0.05) is 0 Å². The van der Waals surface area contributed by atoms with Crippen LogP contribution in [0.4, 0.5) is 0 Å². The summed E-state index contributed by atoms with van der Waals surface area (Å²) >= 11 is 0. The largest absolute Gasteiger partial charge is 0.508 e. The fourth-order valence-electron chi connectivity index (χ4n) is 4.06. The molecule has 0 spiro atoms. The highest BCUT2D eigenvalue weighted by atomic mass is 16.5. The van der Waals surface area contributed by atoms with Crippen LogP contribution in [0.5, 0.6) is 17.2 Å². The molecule has 1 unspecified atom stereocenters. The average Bonchev–Trinajstić information content (AvgIpc) is 3.01. The van der Waals surface area contributed by atoms with Gasteiger partial charge in [0.25, 0.3) is 0 Å². The molecule has 0 heterocycles. The normalized spacial score (nSPS) is 12.1. The van der Waals surface area contributed by atoms with Crippen LogP contribution in [-0.4, -0.2) is 53.0 Å². The van der Waals surface area contributed by atoms with Crippen molar-refractivity contribution in [3.8, 4) is 17.2 Å². The van der Waals surface area contributed by atoms with E-state index in [0.29, 0.717) is 39.1 Å². The van der Waals surface area contributed by atoms with Crippen molar-refractivity contribution in [2.24, 2.45) is 17.8 Å². The molecule has 9 nitrogen and oxygen atoms in total. The van der Waals surface area contributed by atoms with E-state index < -0.39 is 0 Å². The number of esters is 3. The number of phenolic OH excluding ortho intramolecular Hbond substituents is 3. The van der Waals surface area contributed by atoms with Gasteiger partial charge in [-0.2, -0.15) is 0 Å². The Morgan fingerprint density at radius 3 is 0.844 bits per heavy atom. The number of hydrogen-bond acceptors (Lipinski definition) is 9. The molecule has 0 amide bonds. The molecule has 0 aromatic heterocycles. The first kappa shape index (κ1) is 38.5. The molecule has 0 saturated carbocycles. The topological polar surface area (TPSA) is 140 Å². The summed E-state index contributed by atoms with van der Waals surface area (Å²) in [5.74, 6) is -0.243. The molecule has 3 aromatic carbocycles. The van der Waals surface area contributed by atoms with Crippen molar-refractivity contribution >= 4 is 17.9 Å². The molecular weight excluding hydrogens is 576 g/mol. The van der Waals surface area contributed by atoms with E-state index in [1.54, 1.807) is 57.2 Å². The lowest BCUT2D eigenvalue weighted by molar-refractivity contribution is -0.148. The summed E-state index contributed by atoms with van der Waals surface area (Å²) in [5.41, 5.74) is 3.06. The lowest BCUT2D eigenvalue weighted by atomic mass is 10.0. The highest BCUT2D eigenvalue weighted by Crippen LogP contribution is 2.16. The second kappa shape index (κ2) is 21.2. The predicted molar refractivity (Wildman–Crippen MR) is 173 cm³/mol. The smallest absolute Gasteiger partial charge is 0.308 e. The van der Waals surface area contributed by atoms with Gasteiger partial charge in [-0.1, -0.05) is 57.2 Å². The highest BCUT2D eigenvalue weighted by Gasteiger charge is 2.16. The third-order valence-electron chi connectivity index (χ3n) is 6.50. The van der Waals surface area contributed by atoms with Crippen LogP contribution in [0.25, 0.3) is 0 Å². The van der Waals surface area contributed by atoms with Gasteiger partial charge in [-0.25, -0.2) is 0 Å². The zero-order valence-corrected chi connectivity index (χ0v) is 27.2.